The summed E-state index contributed by atoms with van der Waals surface area (Å²) >= 11 is 0. The van der Waals surface area contributed by atoms with Crippen molar-refractivity contribution in [1.29, 1.82) is 0 Å². The van der Waals surface area contributed by atoms with Crippen LogP contribution in [0.3, 0.4) is 0 Å². The van der Waals surface area contributed by atoms with Crippen molar-refractivity contribution in [3.05, 3.63) is 11.4 Å². The van der Waals surface area contributed by atoms with Crippen molar-refractivity contribution in [1.82, 2.24) is 20.3 Å². The molecule has 0 saturated heterocycles. The average molecular weight is 393 g/mol. The Morgan fingerprint density at radius 2 is 2.11 bits per heavy atom. The average Bonchev–Trinajstić information content (AvgIpc) is 3.01. The number of nitrogens with one attached hydrogen (secondary N) is 1. The van der Waals surface area contributed by atoms with Crippen molar-refractivity contribution >= 4 is 5.91 Å². The lowest BCUT2D eigenvalue weighted by molar-refractivity contribution is -0.130. The molecular formula is C21H36N4O3. The van der Waals surface area contributed by atoms with Gasteiger partial charge < -0.3 is 14.8 Å². The minimum atomic E-state index is -0.326. The van der Waals surface area contributed by atoms with Gasteiger partial charge in [0.1, 0.15) is 18.4 Å². The quantitative estimate of drug-likeness (QED) is 0.735. The van der Waals surface area contributed by atoms with Crippen LogP contribution in [0.4, 0.5) is 0 Å². The van der Waals surface area contributed by atoms with E-state index in [4.69, 9.17) is 9.47 Å². The maximum Gasteiger partial charge on any atom is 0.246 e. The van der Waals surface area contributed by atoms with E-state index in [9.17, 15) is 4.79 Å². The minimum Gasteiger partial charge on any atom is -0.375 e. The Balaban J connectivity index is 1.46. The number of aryl methyl sites for hydroxylation is 1. The number of hydrogen-bond acceptors (Lipinski definition) is 5. The molecule has 7 nitrogen and oxygen atoms in total. The number of carbonyl (C=O) groups excluding carboxylic acids is 1. The molecule has 1 aromatic heterocycles. The molecule has 1 N–H and O–H groups in total. The van der Waals surface area contributed by atoms with Crippen molar-refractivity contribution in [3.63, 3.8) is 0 Å². The van der Waals surface area contributed by atoms with Gasteiger partial charge in [0.25, 0.3) is 0 Å². The van der Waals surface area contributed by atoms with E-state index in [1.807, 2.05) is 25.6 Å². The van der Waals surface area contributed by atoms with Gasteiger partial charge in [0.15, 0.2) is 0 Å². The van der Waals surface area contributed by atoms with Gasteiger partial charge >= 0.3 is 0 Å². The van der Waals surface area contributed by atoms with Crippen molar-refractivity contribution in [2.24, 2.45) is 13.0 Å². The van der Waals surface area contributed by atoms with Gasteiger partial charge in [-0.05, 0) is 58.8 Å². The molecule has 1 heterocycles. The lowest BCUT2D eigenvalue weighted by Crippen LogP contribution is -2.46. The molecule has 0 aliphatic heterocycles. The topological polar surface area (TPSA) is 78.3 Å². The molecule has 28 heavy (non-hydrogen) atoms. The van der Waals surface area contributed by atoms with Crippen molar-refractivity contribution in [2.75, 3.05) is 13.2 Å². The van der Waals surface area contributed by atoms with E-state index >= 15 is 0 Å². The number of ether oxygens (including phenoxy) is 2. The van der Waals surface area contributed by atoms with Gasteiger partial charge in [0.05, 0.1) is 11.3 Å². The van der Waals surface area contributed by atoms with E-state index in [-0.39, 0.29) is 29.8 Å². The molecule has 1 aromatic rings. The zero-order valence-corrected chi connectivity index (χ0v) is 18.1. The summed E-state index contributed by atoms with van der Waals surface area (Å²) in [4.78, 5) is 12.5. The lowest BCUT2D eigenvalue weighted by Gasteiger charge is -2.28. The molecule has 1 saturated carbocycles. The molecule has 7 heteroatoms. The van der Waals surface area contributed by atoms with Crippen LogP contribution in [0.2, 0.25) is 0 Å². The minimum absolute atomic E-state index is 0.0375. The number of aromatic nitrogens is 3. The molecule has 1 amide bonds. The largest absolute Gasteiger partial charge is 0.375 e. The molecular weight excluding hydrogens is 356 g/mol. The molecule has 2 aliphatic carbocycles. The van der Waals surface area contributed by atoms with Crippen LogP contribution in [0.15, 0.2) is 0 Å². The molecule has 158 valence electrons. The van der Waals surface area contributed by atoms with Gasteiger partial charge in [-0.25, -0.2) is 0 Å². The van der Waals surface area contributed by atoms with Gasteiger partial charge in [0.2, 0.25) is 5.91 Å². The third-order valence-electron chi connectivity index (χ3n) is 6.30. The van der Waals surface area contributed by atoms with Crippen molar-refractivity contribution in [2.45, 2.75) is 89.9 Å². The van der Waals surface area contributed by atoms with Gasteiger partial charge in [-0.1, -0.05) is 25.0 Å². The Kier molecular flexibility index (Phi) is 6.44. The van der Waals surface area contributed by atoms with E-state index < -0.39 is 0 Å². The van der Waals surface area contributed by atoms with Crippen molar-refractivity contribution in [3.8, 4) is 0 Å². The maximum absolute atomic E-state index is 12.5. The monoisotopic (exact) mass is 392 g/mol. The summed E-state index contributed by atoms with van der Waals surface area (Å²) in [7, 11) is 1.92. The zero-order chi connectivity index (χ0) is 20.4. The van der Waals surface area contributed by atoms with Gasteiger partial charge in [0, 0.05) is 19.2 Å². The molecule has 1 fully saturated rings. The summed E-state index contributed by atoms with van der Waals surface area (Å²) in [6.07, 6.45) is 7.00. The first kappa shape index (κ1) is 21.2. The highest BCUT2D eigenvalue weighted by Crippen LogP contribution is 2.46. The Morgan fingerprint density at radius 1 is 1.36 bits per heavy atom. The van der Waals surface area contributed by atoms with E-state index in [0.717, 1.165) is 49.9 Å². The van der Waals surface area contributed by atoms with E-state index in [0.29, 0.717) is 12.5 Å². The first-order chi connectivity index (χ1) is 13.2. The highest BCUT2D eigenvalue weighted by molar-refractivity contribution is 5.78. The predicted octanol–water partition coefficient (Wildman–Crippen LogP) is 3.09. The number of nitrogens with zero attached hydrogens (tertiary/aromatic N) is 3. The van der Waals surface area contributed by atoms with Crippen LogP contribution >= 0.6 is 0 Å². The molecule has 3 atom stereocenters. The summed E-state index contributed by atoms with van der Waals surface area (Å²) in [5.74, 6) is 0.539. The van der Waals surface area contributed by atoms with Crippen LogP contribution in [0.25, 0.3) is 0 Å². The summed E-state index contributed by atoms with van der Waals surface area (Å²) in [5.41, 5.74) is 1.74. The SMILES string of the molecule is CC1CC1(C)OCCC(C)(C)NC(=O)COC1CCCCCc2c1nnn2C. The molecule has 0 aromatic carbocycles. The lowest BCUT2D eigenvalue weighted by atomic mass is 9.99. The van der Waals surface area contributed by atoms with Crippen LogP contribution in [-0.2, 0) is 27.7 Å². The van der Waals surface area contributed by atoms with Crippen LogP contribution in [0.5, 0.6) is 0 Å². The summed E-state index contributed by atoms with van der Waals surface area (Å²) < 4.78 is 13.8. The number of fused-ring (bicyclic) bond motifs is 1. The normalized spacial score (nSPS) is 27.6. The van der Waals surface area contributed by atoms with Gasteiger partial charge in [-0.2, -0.15) is 0 Å². The molecule has 0 radical (unpaired) electrons. The first-order valence-electron chi connectivity index (χ1n) is 10.7. The summed E-state index contributed by atoms with van der Waals surface area (Å²) in [6.45, 7) is 9.13. The fraction of sp³-hybridized carbons (Fsp3) is 0.857. The second-order valence-electron chi connectivity index (χ2n) is 9.39. The van der Waals surface area contributed by atoms with E-state index in [1.165, 1.54) is 6.42 Å². The fourth-order valence-corrected chi connectivity index (χ4v) is 3.97. The Labute approximate surface area is 168 Å². The molecule has 3 unspecified atom stereocenters. The van der Waals surface area contributed by atoms with Crippen LogP contribution in [0, 0.1) is 5.92 Å². The van der Waals surface area contributed by atoms with E-state index in [1.54, 1.807) is 0 Å². The fourth-order valence-electron chi connectivity index (χ4n) is 3.97. The molecule has 3 rings (SSSR count). The smallest absolute Gasteiger partial charge is 0.246 e. The van der Waals surface area contributed by atoms with Crippen LogP contribution in [-0.4, -0.2) is 45.3 Å². The van der Waals surface area contributed by atoms with Crippen molar-refractivity contribution < 1.29 is 14.3 Å². The molecule has 0 bridgehead atoms. The molecule has 2 aliphatic rings. The van der Waals surface area contributed by atoms with Crippen LogP contribution in [0.1, 0.15) is 83.7 Å². The third kappa shape index (κ3) is 5.32. The highest BCUT2D eigenvalue weighted by Gasteiger charge is 2.48. The van der Waals surface area contributed by atoms with Crippen LogP contribution < -0.4 is 5.32 Å². The maximum atomic E-state index is 12.5. The zero-order valence-electron chi connectivity index (χ0n) is 18.1. The Bertz CT molecular complexity index is 687. The highest BCUT2D eigenvalue weighted by atomic mass is 16.5. The van der Waals surface area contributed by atoms with Gasteiger partial charge in [-0.15, -0.1) is 5.10 Å². The van der Waals surface area contributed by atoms with E-state index in [2.05, 4.69) is 29.5 Å². The predicted molar refractivity (Wildman–Crippen MR) is 107 cm³/mol. The summed E-state index contributed by atoms with van der Waals surface area (Å²) in [5, 5.41) is 11.5. The number of carbonyl (C=O) groups is 1. The number of amides is 1. The Morgan fingerprint density at radius 3 is 2.82 bits per heavy atom. The molecule has 0 spiro atoms. The third-order valence-corrected chi connectivity index (χ3v) is 6.30. The number of hydrogen-bond donors (Lipinski definition) is 1. The van der Waals surface area contributed by atoms with Gasteiger partial charge in [-0.3, -0.25) is 9.48 Å². The standard InChI is InChI=1S/C21H36N4O3/c1-15-13-21(15,4)28-12-11-20(2,3)22-18(26)14-27-17-10-8-6-7-9-16-19(17)23-24-25(16)5/h15,17H,6-14H2,1-5H3,(H,22,26). The second-order valence-corrected chi connectivity index (χ2v) is 9.39. The summed E-state index contributed by atoms with van der Waals surface area (Å²) in [6, 6.07) is 0. The number of rotatable bonds is 8. The first-order valence-corrected chi connectivity index (χ1v) is 10.7. The Hall–Kier alpha value is -1.47. The second kappa shape index (κ2) is 8.49.